The molecule has 2 aromatic carbocycles. The minimum absolute atomic E-state index is 0.320. The second kappa shape index (κ2) is 8.17. The highest BCUT2D eigenvalue weighted by atomic mass is 35.5. The van der Waals surface area contributed by atoms with Crippen molar-refractivity contribution in [3.8, 4) is 0 Å². The molecular weight excluding hydrogens is 407 g/mol. The average Bonchev–Trinajstić information content (AvgIpc) is 2.91. The van der Waals surface area contributed by atoms with Gasteiger partial charge in [-0.2, -0.15) is 16.8 Å². The average molecular weight is 425 g/mol. The molecule has 0 saturated carbocycles. The van der Waals surface area contributed by atoms with Gasteiger partial charge >= 0.3 is 0 Å². The fourth-order valence-corrected chi connectivity index (χ4v) is 4.48. The highest BCUT2D eigenvalue weighted by Gasteiger charge is 2.13. The van der Waals surface area contributed by atoms with Gasteiger partial charge in [0.2, 0.25) is 0 Å². The van der Waals surface area contributed by atoms with Gasteiger partial charge in [-0.1, -0.05) is 34.5 Å². The zero-order valence-corrected chi connectivity index (χ0v) is 17.8. The third-order valence-corrected chi connectivity index (χ3v) is 6.37. The molecule has 0 N–H and O–H groups in total. The number of carbonyl (C=O) groups excluding carboxylic acids is 1. The SMILES string of the molecule is CSCCn1c(=NC(=O)c2cc(Cl)ccc2Cl)sc2cc(C)c(C)cc21. The quantitative estimate of drug-likeness (QED) is 0.535. The Morgan fingerprint density at radius 1 is 1.19 bits per heavy atom. The molecule has 0 unspecified atom stereocenters. The van der Waals surface area contributed by atoms with Crippen molar-refractivity contribution in [1.82, 2.24) is 4.57 Å². The van der Waals surface area contributed by atoms with Crippen molar-refractivity contribution in [1.29, 1.82) is 0 Å². The second-order valence-electron chi connectivity index (χ2n) is 5.97. The molecule has 0 aliphatic heterocycles. The minimum atomic E-state index is -0.379. The van der Waals surface area contributed by atoms with Gasteiger partial charge in [0.05, 0.1) is 20.8 Å². The van der Waals surface area contributed by atoms with E-state index in [1.165, 1.54) is 22.5 Å². The molecule has 26 heavy (non-hydrogen) atoms. The van der Waals surface area contributed by atoms with Gasteiger partial charge in [-0.3, -0.25) is 4.79 Å². The van der Waals surface area contributed by atoms with Gasteiger partial charge in [0.1, 0.15) is 0 Å². The monoisotopic (exact) mass is 424 g/mol. The molecule has 0 bridgehead atoms. The van der Waals surface area contributed by atoms with Crippen LogP contribution in [0.1, 0.15) is 21.5 Å². The van der Waals surface area contributed by atoms with Gasteiger partial charge in [0, 0.05) is 17.3 Å². The van der Waals surface area contributed by atoms with Crippen LogP contribution in [0.3, 0.4) is 0 Å². The van der Waals surface area contributed by atoms with Crippen LogP contribution in [0.5, 0.6) is 0 Å². The standard InChI is InChI=1S/C19H18Cl2N2OS2/c1-11-8-16-17(9-12(11)2)26-19(23(16)6-7-25-3)22-18(24)14-10-13(20)4-5-15(14)21/h4-5,8-10H,6-7H2,1-3H3. The molecule has 0 fully saturated rings. The van der Waals surface area contributed by atoms with Gasteiger partial charge in [0.25, 0.3) is 5.91 Å². The maximum Gasteiger partial charge on any atom is 0.281 e. The van der Waals surface area contributed by atoms with Crippen molar-refractivity contribution < 1.29 is 4.79 Å². The van der Waals surface area contributed by atoms with E-state index in [0.29, 0.717) is 20.4 Å². The lowest BCUT2D eigenvalue weighted by Crippen LogP contribution is -2.18. The number of hydrogen-bond acceptors (Lipinski definition) is 3. The van der Waals surface area contributed by atoms with Crippen LogP contribution in [0.2, 0.25) is 10.0 Å². The number of rotatable bonds is 4. The largest absolute Gasteiger partial charge is 0.315 e. The first kappa shape index (κ1) is 19.5. The smallest absolute Gasteiger partial charge is 0.281 e. The molecule has 0 saturated heterocycles. The molecule has 7 heteroatoms. The first-order chi connectivity index (χ1) is 12.4. The minimum Gasteiger partial charge on any atom is -0.315 e. The summed E-state index contributed by atoms with van der Waals surface area (Å²) in [7, 11) is 0. The van der Waals surface area contributed by atoms with Crippen LogP contribution in [0.15, 0.2) is 35.3 Å². The Morgan fingerprint density at radius 3 is 2.65 bits per heavy atom. The third kappa shape index (κ3) is 4.01. The van der Waals surface area contributed by atoms with Crippen molar-refractivity contribution in [3.63, 3.8) is 0 Å². The highest BCUT2D eigenvalue weighted by Crippen LogP contribution is 2.24. The first-order valence-electron chi connectivity index (χ1n) is 8.04. The van der Waals surface area contributed by atoms with E-state index in [4.69, 9.17) is 23.2 Å². The van der Waals surface area contributed by atoms with Crippen molar-refractivity contribution in [3.05, 3.63) is 61.9 Å². The van der Waals surface area contributed by atoms with E-state index in [0.717, 1.165) is 22.5 Å². The molecule has 0 spiro atoms. The number of carbonyl (C=O) groups is 1. The lowest BCUT2D eigenvalue weighted by atomic mass is 10.1. The molecule has 3 rings (SSSR count). The lowest BCUT2D eigenvalue weighted by Gasteiger charge is -2.06. The van der Waals surface area contributed by atoms with Crippen LogP contribution in [-0.4, -0.2) is 22.5 Å². The number of hydrogen-bond donors (Lipinski definition) is 0. The molecule has 136 valence electrons. The summed E-state index contributed by atoms with van der Waals surface area (Å²) in [6.45, 7) is 4.98. The Hall–Kier alpha value is -1.27. The zero-order chi connectivity index (χ0) is 18.8. The van der Waals surface area contributed by atoms with Gasteiger partial charge in [-0.15, -0.1) is 0 Å². The number of benzene rings is 2. The maximum atomic E-state index is 12.7. The second-order valence-corrected chi connectivity index (χ2v) is 8.81. The molecule has 1 amide bonds. The summed E-state index contributed by atoms with van der Waals surface area (Å²) in [6, 6.07) is 9.15. The summed E-state index contributed by atoms with van der Waals surface area (Å²) in [4.78, 5) is 17.8. The topological polar surface area (TPSA) is 34.4 Å². The number of nitrogens with zero attached hydrogens (tertiary/aromatic N) is 2. The summed E-state index contributed by atoms with van der Waals surface area (Å²) in [5, 5.41) is 0.817. The van der Waals surface area contributed by atoms with E-state index in [2.05, 4.69) is 41.8 Å². The van der Waals surface area contributed by atoms with Crippen LogP contribution in [0, 0.1) is 13.8 Å². The molecule has 0 radical (unpaired) electrons. The number of aryl methyl sites for hydroxylation is 3. The van der Waals surface area contributed by atoms with Gasteiger partial charge in [-0.05, 0) is 61.6 Å². The van der Waals surface area contributed by atoms with Gasteiger partial charge in [0.15, 0.2) is 4.80 Å². The van der Waals surface area contributed by atoms with Crippen LogP contribution in [-0.2, 0) is 6.54 Å². The molecular formula is C19H18Cl2N2OS2. The van der Waals surface area contributed by atoms with Gasteiger partial charge in [-0.25, -0.2) is 0 Å². The number of thiazole rings is 1. The molecule has 1 heterocycles. The Morgan fingerprint density at radius 2 is 1.92 bits per heavy atom. The van der Waals surface area contributed by atoms with Crippen LogP contribution in [0.25, 0.3) is 10.2 Å². The van der Waals surface area contributed by atoms with Crippen molar-refractivity contribution >= 4 is 62.4 Å². The number of halogens is 2. The van der Waals surface area contributed by atoms with Crippen LogP contribution >= 0.6 is 46.3 Å². The summed E-state index contributed by atoms with van der Waals surface area (Å²) in [6.07, 6.45) is 2.07. The summed E-state index contributed by atoms with van der Waals surface area (Å²) in [5.74, 6) is 0.563. The lowest BCUT2D eigenvalue weighted by molar-refractivity contribution is 0.0998. The Labute approximate surface area is 170 Å². The predicted octanol–water partition coefficient (Wildman–Crippen LogP) is 5.73. The maximum absolute atomic E-state index is 12.7. The fraction of sp³-hybridized carbons (Fsp3) is 0.263. The molecule has 0 aliphatic carbocycles. The fourth-order valence-electron chi connectivity index (χ4n) is 2.61. The number of amides is 1. The third-order valence-electron chi connectivity index (χ3n) is 4.17. The normalized spacial score (nSPS) is 12.1. The van der Waals surface area contributed by atoms with Crippen molar-refractivity contribution in [2.24, 2.45) is 4.99 Å². The van der Waals surface area contributed by atoms with E-state index in [1.54, 1.807) is 30.0 Å². The first-order valence-corrected chi connectivity index (χ1v) is 11.0. The highest BCUT2D eigenvalue weighted by molar-refractivity contribution is 7.98. The van der Waals surface area contributed by atoms with E-state index < -0.39 is 0 Å². The van der Waals surface area contributed by atoms with Gasteiger partial charge < -0.3 is 4.57 Å². The molecule has 1 aromatic heterocycles. The predicted molar refractivity (Wildman–Crippen MR) is 114 cm³/mol. The van der Waals surface area contributed by atoms with E-state index in [9.17, 15) is 4.79 Å². The Bertz CT molecular complexity index is 1050. The van der Waals surface area contributed by atoms with E-state index in [1.807, 2.05) is 0 Å². The molecule has 0 atom stereocenters. The molecule has 3 nitrogen and oxygen atoms in total. The zero-order valence-electron chi connectivity index (χ0n) is 14.7. The van der Waals surface area contributed by atoms with Crippen LogP contribution in [0.4, 0.5) is 0 Å². The molecule has 3 aromatic rings. The van der Waals surface area contributed by atoms with Crippen molar-refractivity contribution in [2.45, 2.75) is 20.4 Å². The van der Waals surface area contributed by atoms with Crippen molar-refractivity contribution in [2.75, 3.05) is 12.0 Å². The summed E-state index contributed by atoms with van der Waals surface area (Å²) < 4.78 is 3.23. The van der Waals surface area contributed by atoms with E-state index in [-0.39, 0.29) is 5.91 Å². The van der Waals surface area contributed by atoms with Crippen LogP contribution < -0.4 is 4.80 Å². The number of thioether (sulfide) groups is 1. The number of fused-ring (bicyclic) bond motifs is 1. The Balaban J connectivity index is 2.17. The Kier molecular flexibility index (Phi) is 6.13. The van der Waals surface area contributed by atoms with E-state index >= 15 is 0 Å². The molecule has 0 aliphatic rings. The summed E-state index contributed by atoms with van der Waals surface area (Å²) >= 11 is 15.4. The number of aromatic nitrogens is 1. The summed E-state index contributed by atoms with van der Waals surface area (Å²) in [5.41, 5.74) is 3.88.